The first-order chi connectivity index (χ1) is 8.00. The minimum Gasteiger partial charge on any atom is -0.224 e. The van der Waals surface area contributed by atoms with Crippen LogP contribution in [-0.4, -0.2) is 11.8 Å². The topological polar surface area (TPSA) is 0 Å². The molecular formula is C9F9. The van der Waals surface area contributed by atoms with Crippen LogP contribution < -0.4 is 0 Å². The zero-order chi connectivity index (χ0) is 14.1. The predicted molar refractivity (Wildman–Crippen MR) is 37.8 cm³/mol. The fraction of sp³-hybridized carbons (Fsp3) is 0.333. The van der Waals surface area contributed by atoms with Crippen LogP contribution in [0.5, 0.6) is 0 Å². The van der Waals surface area contributed by atoms with Gasteiger partial charge in [0.1, 0.15) is 0 Å². The molecule has 0 heterocycles. The number of rotatable bonds is 1. The van der Waals surface area contributed by atoms with Gasteiger partial charge in [-0.15, -0.1) is 0 Å². The van der Waals surface area contributed by atoms with E-state index in [1.54, 1.807) is 0 Å². The van der Waals surface area contributed by atoms with Crippen molar-refractivity contribution in [1.29, 1.82) is 0 Å². The minimum absolute atomic E-state index is 0.762. The van der Waals surface area contributed by atoms with Crippen LogP contribution in [0, 0.1) is 29.3 Å². The van der Waals surface area contributed by atoms with Gasteiger partial charge in [0.05, 0.1) is 11.6 Å². The van der Waals surface area contributed by atoms with Crippen molar-refractivity contribution < 1.29 is 39.5 Å². The molecule has 1 saturated carbocycles. The Balaban J connectivity index is 2.76. The zero-order valence-corrected chi connectivity index (χ0v) is 7.90. The predicted octanol–water partition coefficient (Wildman–Crippen LogP) is 3.49. The molecular weight excluding hydrogens is 279 g/mol. The first-order valence-electron chi connectivity index (χ1n) is 4.20. The van der Waals surface area contributed by atoms with Gasteiger partial charge < -0.3 is 0 Å². The summed E-state index contributed by atoms with van der Waals surface area (Å²) in [4.78, 5) is 0. The third kappa shape index (κ3) is 1.10. The van der Waals surface area contributed by atoms with Gasteiger partial charge in [0, 0.05) is 0 Å². The fourth-order valence-electron chi connectivity index (χ4n) is 1.53. The second-order valence-corrected chi connectivity index (χ2v) is 3.56. The Morgan fingerprint density at radius 3 is 1.28 bits per heavy atom. The Labute approximate surface area is 93.0 Å². The second kappa shape index (κ2) is 3.12. The average molecular weight is 279 g/mol. The standard InChI is InChI=1S/C9F9/c10-2-1-3(11)6(13)4(5(2)12)7(14)8(15,16)9(7,17)18. The third-order valence-corrected chi connectivity index (χ3v) is 2.59. The van der Waals surface area contributed by atoms with E-state index in [1.165, 1.54) is 0 Å². The maximum atomic E-state index is 13.3. The minimum atomic E-state index is -5.46. The Kier molecular flexibility index (Phi) is 2.26. The summed E-state index contributed by atoms with van der Waals surface area (Å²) in [5.41, 5.74) is -7.79. The normalized spacial score (nSPS) is 22.9. The molecule has 2 rings (SSSR count). The number of hydrogen-bond donors (Lipinski definition) is 0. The monoisotopic (exact) mass is 279 g/mol. The van der Waals surface area contributed by atoms with Crippen LogP contribution >= 0.6 is 0 Å². The lowest BCUT2D eigenvalue weighted by atomic mass is 10.1. The van der Waals surface area contributed by atoms with Crippen molar-refractivity contribution in [2.45, 2.75) is 17.5 Å². The van der Waals surface area contributed by atoms with E-state index in [-0.39, 0.29) is 0 Å². The van der Waals surface area contributed by atoms with E-state index in [0.29, 0.717) is 0 Å². The highest BCUT2D eigenvalue weighted by Crippen LogP contribution is 2.74. The van der Waals surface area contributed by atoms with Gasteiger partial charge in [0.2, 0.25) is 0 Å². The molecule has 1 aromatic carbocycles. The van der Waals surface area contributed by atoms with Gasteiger partial charge in [0.25, 0.3) is 5.67 Å². The summed E-state index contributed by atoms with van der Waals surface area (Å²) in [6.45, 7) is 0. The molecule has 1 radical (unpaired) electrons. The quantitative estimate of drug-likeness (QED) is 0.545. The van der Waals surface area contributed by atoms with Gasteiger partial charge in [-0.3, -0.25) is 0 Å². The molecule has 1 aromatic rings. The van der Waals surface area contributed by atoms with Crippen molar-refractivity contribution in [3.63, 3.8) is 0 Å². The van der Waals surface area contributed by atoms with Crippen LogP contribution in [0.3, 0.4) is 0 Å². The average Bonchev–Trinajstić information content (AvgIpc) is 2.55. The van der Waals surface area contributed by atoms with E-state index < -0.39 is 46.3 Å². The Morgan fingerprint density at radius 1 is 0.667 bits per heavy atom. The maximum Gasteiger partial charge on any atom is 0.357 e. The molecule has 0 unspecified atom stereocenters. The van der Waals surface area contributed by atoms with Crippen molar-refractivity contribution in [3.8, 4) is 0 Å². The molecule has 0 atom stereocenters. The lowest BCUT2D eigenvalue weighted by molar-refractivity contribution is -0.0278. The summed E-state index contributed by atoms with van der Waals surface area (Å²) in [5.74, 6) is -21.0. The van der Waals surface area contributed by atoms with Crippen molar-refractivity contribution in [2.24, 2.45) is 0 Å². The molecule has 0 N–H and O–H groups in total. The molecule has 9 heteroatoms. The van der Waals surface area contributed by atoms with Gasteiger partial charge >= 0.3 is 11.8 Å². The molecule has 0 nitrogen and oxygen atoms in total. The Hall–Kier alpha value is -1.41. The second-order valence-electron chi connectivity index (χ2n) is 3.56. The molecule has 0 spiro atoms. The summed E-state index contributed by atoms with van der Waals surface area (Å²) < 4.78 is 115. The maximum absolute atomic E-state index is 13.3. The number of benzene rings is 1. The van der Waals surface area contributed by atoms with Gasteiger partial charge in [-0.25, -0.2) is 22.0 Å². The summed E-state index contributed by atoms with van der Waals surface area (Å²) in [6.07, 6.45) is 0. The first kappa shape index (κ1) is 13.0. The molecule has 1 fully saturated rings. The van der Waals surface area contributed by atoms with Crippen LogP contribution in [0.25, 0.3) is 0 Å². The zero-order valence-electron chi connectivity index (χ0n) is 7.90. The van der Waals surface area contributed by atoms with Crippen molar-refractivity contribution in [2.75, 3.05) is 0 Å². The van der Waals surface area contributed by atoms with Crippen LogP contribution in [0.4, 0.5) is 39.5 Å². The van der Waals surface area contributed by atoms with Crippen LogP contribution in [0.2, 0.25) is 0 Å². The summed E-state index contributed by atoms with van der Waals surface area (Å²) in [6, 6.07) is 0.762. The Morgan fingerprint density at radius 2 is 1.00 bits per heavy atom. The summed E-state index contributed by atoms with van der Waals surface area (Å²) in [7, 11) is 0. The molecule has 0 saturated heterocycles. The van der Waals surface area contributed by atoms with Crippen molar-refractivity contribution in [3.05, 3.63) is 34.9 Å². The smallest absolute Gasteiger partial charge is 0.224 e. The number of hydrogen-bond acceptors (Lipinski definition) is 0. The SMILES string of the molecule is Fc1[c]c(F)c(F)c(C2(F)C(F)(F)C2(F)F)c1F. The van der Waals surface area contributed by atoms with E-state index >= 15 is 0 Å². The molecule has 1 aliphatic carbocycles. The molecule has 18 heavy (non-hydrogen) atoms. The van der Waals surface area contributed by atoms with Crippen LogP contribution in [0.1, 0.15) is 5.56 Å². The largest absolute Gasteiger partial charge is 0.357 e. The summed E-state index contributed by atoms with van der Waals surface area (Å²) >= 11 is 0. The van der Waals surface area contributed by atoms with Crippen LogP contribution in [0.15, 0.2) is 0 Å². The highest BCUT2D eigenvalue weighted by atomic mass is 19.3. The van der Waals surface area contributed by atoms with E-state index in [9.17, 15) is 39.5 Å². The molecule has 0 amide bonds. The third-order valence-electron chi connectivity index (χ3n) is 2.59. The first-order valence-corrected chi connectivity index (χ1v) is 4.20. The number of alkyl halides is 5. The van der Waals surface area contributed by atoms with Gasteiger partial charge in [0.15, 0.2) is 23.3 Å². The fourth-order valence-corrected chi connectivity index (χ4v) is 1.53. The molecule has 99 valence electrons. The van der Waals surface area contributed by atoms with Crippen molar-refractivity contribution in [1.82, 2.24) is 0 Å². The van der Waals surface area contributed by atoms with Gasteiger partial charge in [-0.2, -0.15) is 17.6 Å². The molecule has 0 bridgehead atoms. The van der Waals surface area contributed by atoms with Crippen molar-refractivity contribution >= 4 is 0 Å². The van der Waals surface area contributed by atoms with Crippen LogP contribution in [-0.2, 0) is 5.67 Å². The van der Waals surface area contributed by atoms with E-state index in [4.69, 9.17) is 0 Å². The molecule has 0 aromatic heterocycles. The lowest BCUT2D eigenvalue weighted by Crippen LogP contribution is -2.18. The molecule has 0 aliphatic heterocycles. The Bertz CT molecular complexity index is 493. The lowest BCUT2D eigenvalue weighted by Gasteiger charge is -2.09. The number of halogens is 9. The molecule has 1 aliphatic rings. The van der Waals surface area contributed by atoms with Gasteiger partial charge in [-0.05, 0) is 0 Å². The summed E-state index contributed by atoms with van der Waals surface area (Å²) in [5, 5.41) is 0. The van der Waals surface area contributed by atoms with E-state index in [2.05, 4.69) is 0 Å². The van der Waals surface area contributed by atoms with E-state index in [1.807, 2.05) is 0 Å². The van der Waals surface area contributed by atoms with Gasteiger partial charge in [-0.1, -0.05) is 0 Å². The highest BCUT2D eigenvalue weighted by molar-refractivity contribution is 5.44. The van der Waals surface area contributed by atoms with E-state index in [0.717, 1.165) is 6.07 Å². The highest BCUT2D eigenvalue weighted by Gasteiger charge is 3.00.